The smallest absolute Gasteiger partial charge is 0.464 e. The van der Waals surface area contributed by atoms with Crippen molar-refractivity contribution in [2.75, 3.05) is 18.1 Å². The van der Waals surface area contributed by atoms with E-state index in [1.807, 2.05) is 0 Å². The van der Waals surface area contributed by atoms with E-state index in [-0.39, 0.29) is 16.7 Å². The first-order valence-corrected chi connectivity index (χ1v) is 10.7. The van der Waals surface area contributed by atoms with Gasteiger partial charge in [0.15, 0.2) is 0 Å². The molecule has 0 bridgehead atoms. The van der Waals surface area contributed by atoms with Gasteiger partial charge >= 0.3 is 7.12 Å². The van der Waals surface area contributed by atoms with Gasteiger partial charge in [0, 0.05) is 12.7 Å². The predicted molar refractivity (Wildman–Crippen MR) is 101 cm³/mol. The molecule has 6 nitrogen and oxygen atoms in total. The number of rotatable bonds is 5. The Morgan fingerprint density at radius 2 is 2.20 bits per heavy atom. The second-order valence-corrected chi connectivity index (χ2v) is 10.6. The van der Waals surface area contributed by atoms with Crippen LogP contribution in [0.25, 0.3) is 11.0 Å². The standard InChI is InChI=1S/C17H26BN2O4Si/c1-17(2,3)25(4)23-11-12-6-5-9-20(12)16-13-10-15(18(21)22)24-14(13)7-8-19-16/h7-8,10,12,21-22H,5-6,9,11H2,1-4H3/t12-/m1/s1. The topological polar surface area (TPSA) is 79.0 Å². The molecule has 0 spiro atoms. The van der Waals surface area contributed by atoms with Crippen molar-refractivity contribution >= 4 is 38.6 Å². The van der Waals surface area contributed by atoms with E-state index in [1.165, 1.54) is 0 Å². The summed E-state index contributed by atoms with van der Waals surface area (Å²) in [5.41, 5.74) is 0.762. The number of anilines is 1. The molecule has 3 heterocycles. The highest BCUT2D eigenvalue weighted by Crippen LogP contribution is 2.32. The van der Waals surface area contributed by atoms with Gasteiger partial charge in [-0.3, -0.25) is 0 Å². The first-order valence-electron chi connectivity index (χ1n) is 8.75. The fourth-order valence-electron chi connectivity index (χ4n) is 3.05. The monoisotopic (exact) mass is 361 g/mol. The summed E-state index contributed by atoms with van der Waals surface area (Å²) in [6.45, 7) is 10.5. The number of hydrogen-bond donors (Lipinski definition) is 2. The van der Waals surface area contributed by atoms with Crippen LogP contribution in [0.2, 0.25) is 11.6 Å². The first kappa shape index (κ1) is 18.4. The lowest BCUT2D eigenvalue weighted by Crippen LogP contribution is -2.37. The van der Waals surface area contributed by atoms with Gasteiger partial charge in [-0.1, -0.05) is 20.8 Å². The van der Waals surface area contributed by atoms with Crippen LogP contribution < -0.4 is 10.6 Å². The molecule has 8 heteroatoms. The van der Waals surface area contributed by atoms with Gasteiger partial charge in [-0.25, -0.2) is 4.98 Å². The van der Waals surface area contributed by atoms with Crippen LogP contribution in [0.5, 0.6) is 0 Å². The Morgan fingerprint density at radius 3 is 2.88 bits per heavy atom. The molecule has 2 aromatic heterocycles. The number of furan rings is 1. The van der Waals surface area contributed by atoms with Crippen molar-refractivity contribution in [1.82, 2.24) is 4.98 Å². The van der Waals surface area contributed by atoms with E-state index >= 15 is 0 Å². The minimum absolute atomic E-state index is 0.142. The zero-order chi connectivity index (χ0) is 18.2. The summed E-state index contributed by atoms with van der Waals surface area (Å²) in [5, 5.41) is 19.8. The Bertz CT molecular complexity index is 731. The Kier molecular flexibility index (Phi) is 5.24. The summed E-state index contributed by atoms with van der Waals surface area (Å²) in [6.07, 6.45) is 3.88. The van der Waals surface area contributed by atoms with Gasteiger partial charge in [0.2, 0.25) is 9.04 Å². The quantitative estimate of drug-likeness (QED) is 0.793. The van der Waals surface area contributed by atoms with E-state index in [2.05, 4.69) is 37.2 Å². The molecule has 1 fully saturated rings. The molecule has 0 amide bonds. The van der Waals surface area contributed by atoms with Crippen LogP contribution in [0.1, 0.15) is 33.6 Å². The molecular formula is C17H26BN2O4Si. The van der Waals surface area contributed by atoms with Gasteiger partial charge < -0.3 is 23.8 Å². The van der Waals surface area contributed by atoms with E-state index < -0.39 is 16.2 Å². The van der Waals surface area contributed by atoms with Crippen LogP contribution in [0, 0.1) is 0 Å². The fourth-order valence-corrected chi connectivity index (χ4v) is 3.93. The summed E-state index contributed by atoms with van der Waals surface area (Å²) < 4.78 is 11.7. The van der Waals surface area contributed by atoms with Crippen molar-refractivity contribution in [2.45, 2.75) is 51.2 Å². The molecule has 2 N–H and O–H groups in total. The summed E-state index contributed by atoms with van der Waals surface area (Å²) in [5.74, 6) is 0.833. The minimum Gasteiger partial charge on any atom is -0.464 e. The maximum absolute atomic E-state index is 9.37. The molecule has 1 atom stereocenters. The summed E-state index contributed by atoms with van der Waals surface area (Å²) in [4.78, 5) is 6.81. The number of hydrogen-bond acceptors (Lipinski definition) is 6. The maximum Gasteiger partial charge on any atom is 0.526 e. The molecule has 1 saturated heterocycles. The van der Waals surface area contributed by atoms with Gasteiger partial charge in [0.05, 0.1) is 18.0 Å². The predicted octanol–water partition coefficient (Wildman–Crippen LogP) is 1.91. The molecule has 2 aromatic rings. The highest BCUT2D eigenvalue weighted by molar-refractivity contribution is 6.57. The molecule has 135 valence electrons. The number of nitrogens with zero attached hydrogens (tertiary/aromatic N) is 2. The lowest BCUT2D eigenvalue weighted by atomic mass is 9.88. The Hall–Kier alpha value is -1.35. The molecule has 0 aromatic carbocycles. The maximum atomic E-state index is 9.37. The third-order valence-corrected chi connectivity index (χ3v) is 7.61. The minimum atomic E-state index is -1.62. The lowest BCUT2D eigenvalue weighted by Gasteiger charge is -2.30. The summed E-state index contributed by atoms with van der Waals surface area (Å²) in [6, 6.07) is 3.71. The second-order valence-electron chi connectivity index (χ2n) is 7.68. The zero-order valence-corrected chi connectivity index (χ0v) is 16.3. The van der Waals surface area contributed by atoms with E-state index in [0.29, 0.717) is 12.2 Å². The van der Waals surface area contributed by atoms with E-state index in [1.54, 1.807) is 18.3 Å². The van der Waals surface area contributed by atoms with E-state index in [0.717, 1.165) is 30.6 Å². The van der Waals surface area contributed by atoms with E-state index in [4.69, 9.17) is 8.84 Å². The molecule has 25 heavy (non-hydrogen) atoms. The van der Waals surface area contributed by atoms with Crippen LogP contribution in [-0.2, 0) is 4.43 Å². The Morgan fingerprint density at radius 1 is 1.44 bits per heavy atom. The van der Waals surface area contributed by atoms with Gasteiger partial charge in [0.25, 0.3) is 0 Å². The number of aromatic nitrogens is 1. The average Bonchev–Trinajstić information content (AvgIpc) is 3.17. The third kappa shape index (κ3) is 3.92. The van der Waals surface area contributed by atoms with Crippen molar-refractivity contribution < 1.29 is 18.9 Å². The first-order chi connectivity index (χ1) is 11.8. The van der Waals surface area contributed by atoms with Gasteiger partial charge in [-0.2, -0.15) is 0 Å². The normalized spacial score (nSPS) is 18.5. The van der Waals surface area contributed by atoms with Crippen LogP contribution in [0.15, 0.2) is 22.7 Å². The second kappa shape index (κ2) is 7.11. The number of fused-ring (bicyclic) bond motifs is 1. The summed E-state index contributed by atoms with van der Waals surface area (Å²) >= 11 is 0. The van der Waals surface area contributed by atoms with Gasteiger partial charge in [0.1, 0.15) is 17.1 Å². The zero-order valence-electron chi connectivity index (χ0n) is 15.3. The average molecular weight is 361 g/mol. The van der Waals surface area contributed by atoms with Crippen molar-refractivity contribution in [1.29, 1.82) is 0 Å². The van der Waals surface area contributed by atoms with Crippen LogP contribution in [0.3, 0.4) is 0 Å². The van der Waals surface area contributed by atoms with Crippen molar-refractivity contribution in [3.63, 3.8) is 0 Å². The molecule has 3 rings (SSSR count). The van der Waals surface area contributed by atoms with Crippen LogP contribution in [-0.4, -0.2) is 50.4 Å². The molecular weight excluding hydrogens is 335 g/mol. The molecule has 0 aliphatic carbocycles. The third-order valence-electron chi connectivity index (χ3n) is 4.90. The van der Waals surface area contributed by atoms with Gasteiger partial charge in [-0.05, 0) is 36.6 Å². The highest BCUT2D eigenvalue weighted by Gasteiger charge is 2.31. The number of pyridine rings is 1. The lowest BCUT2D eigenvalue weighted by molar-refractivity contribution is 0.278. The molecule has 1 aliphatic heterocycles. The Labute approximate surface area is 150 Å². The largest absolute Gasteiger partial charge is 0.526 e. The molecule has 0 unspecified atom stereocenters. The van der Waals surface area contributed by atoms with Crippen molar-refractivity contribution in [3.05, 3.63) is 18.3 Å². The Balaban J connectivity index is 1.81. The SMILES string of the molecule is C[Si](OC[C@H]1CCCN1c1nccc2oc(B(O)O)cc12)C(C)(C)C. The van der Waals surface area contributed by atoms with Crippen molar-refractivity contribution in [3.8, 4) is 0 Å². The highest BCUT2D eigenvalue weighted by atomic mass is 28.3. The van der Waals surface area contributed by atoms with Gasteiger partial charge in [-0.15, -0.1) is 0 Å². The molecule has 0 saturated carbocycles. The molecule has 1 aliphatic rings. The fraction of sp³-hybridized carbons (Fsp3) is 0.588. The van der Waals surface area contributed by atoms with Crippen molar-refractivity contribution in [2.24, 2.45) is 0 Å². The molecule has 1 radical (unpaired) electrons. The van der Waals surface area contributed by atoms with E-state index in [9.17, 15) is 10.0 Å². The van der Waals surface area contributed by atoms with Crippen LogP contribution in [0.4, 0.5) is 5.82 Å². The summed E-state index contributed by atoms with van der Waals surface area (Å²) in [7, 11) is -2.49. The van der Waals surface area contributed by atoms with Crippen LogP contribution >= 0.6 is 0 Å².